The molecule has 1 amide bonds. The summed E-state index contributed by atoms with van der Waals surface area (Å²) < 4.78 is 1.74. The van der Waals surface area contributed by atoms with Crippen LogP contribution in [0.1, 0.15) is 17.4 Å². The quantitative estimate of drug-likeness (QED) is 0.895. The molecule has 0 aliphatic carbocycles. The first kappa shape index (κ1) is 12.9. The lowest BCUT2D eigenvalue weighted by Gasteiger charge is -2.33. The molecule has 0 bridgehead atoms. The van der Waals surface area contributed by atoms with Crippen molar-refractivity contribution in [1.82, 2.24) is 20.0 Å². The van der Waals surface area contributed by atoms with Crippen molar-refractivity contribution in [1.29, 1.82) is 0 Å². The number of rotatable bonds is 2. The third-order valence-corrected chi connectivity index (χ3v) is 3.59. The van der Waals surface area contributed by atoms with Gasteiger partial charge in [0.2, 0.25) is 0 Å². The molecule has 5 nitrogen and oxygen atoms in total. The van der Waals surface area contributed by atoms with Gasteiger partial charge in [-0.1, -0.05) is 18.2 Å². The number of benzene rings is 1. The zero-order valence-electron chi connectivity index (χ0n) is 11.5. The van der Waals surface area contributed by atoms with Crippen molar-refractivity contribution >= 4 is 5.91 Å². The molecule has 2 aromatic rings. The largest absolute Gasteiger partial charge is 0.332 e. The molecule has 0 unspecified atom stereocenters. The fourth-order valence-corrected chi connectivity index (χ4v) is 2.45. The number of piperazine rings is 1. The van der Waals surface area contributed by atoms with Crippen LogP contribution in [0.4, 0.5) is 0 Å². The normalized spacial score (nSPS) is 19.1. The van der Waals surface area contributed by atoms with E-state index >= 15 is 0 Å². The molecule has 1 saturated heterocycles. The molecule has 1 aliphatic heterocycles. The molecule has 2 heterocycles. The summed E-state index contributed by atoms with van der Waals surface area (Å²) in [6.45, 7) is 4.47. The molecular formula is C15H18N4O. The van der Waals surface area contributed by atoms with Gasteiger partial charge in [0.15, 0.2) is 5.69 Å². The number of hydrogen-bond acceptors (Lipinski definition) is 3. The SMILES string of the molecule is C[C@@H]1CNCCN1C(=O)c1ccn(-c2ccccc2)n1. The molecular weight excluding hydrogens is 252 g/mol. The van der Waals surface area contributed by atoms with Crippen molar-refractivity contribution in [3.8, 4) is 5.69 Å². The Hall–Kier alpha value is -2.14. The Bertz CT molecular complexity index is 593. The lowest BCUT2D eigenvalue weighted by Crippen LogP contribution is -2.52. The van der Waals surface area contributed by atoms with Gasteiger partial charge in [-0.3, -0.25) is 4.79 Å². The number of carbonyl (C=O) groups excluding carboxylic acids is 1. The van der Waals surface area contributed by atoms with Crippen LogP contribution in [0.15, 0.2) is 42.6 Å². The number of hydrogen-bond donors (Lipinski definition) is 1. The maximum Gasteiger partial charge on any atom is 0.274 e. The number of nitrogens with zero attached hydrogens (tertiary/aromatic N) is 3. The lowest BCUT2D eigenvalue weighted by molar-refractivity contribution is 0.0649. The van der Waals surface area contributed by atoms with Crippen LogP contribution in [-0.2, 0) is 0 Å². The standard InChI is InChI=1S/C15H18N4O/c1-12-11-16-8-10-18(12)15(20)14-7-9-19(17-14)13-5-3-2-4-6-13/h2-7,9,12,16H,8,10-11H2,1H3/t12-/m1/s1. The van der Waals surface area contributed by atoms with Crippen molar-refractivity contribution < 1.29 is 4.79 Å². The Morgan fingerprint density at radius 1 is 1.30 bits per heavy atom. The molecule has 3 rings (SSSR count). The Morgan fingerprint density at radius 3 is 2.85 bits per heavy atom. The molecule has 5 heteroatoms. The fourth-order valence-electron chi connectivity index (χ4n) is 2.45. The van der Waals surface area contributed by atoms with Gasteiger partial charge >= 0.3 is 0 Å². The summed E-state index contributed by atoms with van der Waals surface area (Å²) in [5, 5.41) is 7.68. The molecule has 1 aliphatic rings. The second-order valence-electron chi connectivity index (χ2n) is 5.03. The van der Waals surface area contributed by atoms with Crippen molar-refractivity contribution in [2.24, 2.45) is 0 Å². The van der Waals surface area contributed by atoms with Gasteiger partial charge in [-0.05, 0) is 25.1 Å². The summed E-state index contributed by atoms with van der Waals surface area (Å²) in [5.41, 5.74) is 1.46. The van der Waals surface area contributed by atoms with E-state index in [0.717, 1.165) is 25.3 Å². The number of carbonyl (C=O) groups is 1. The summed E-state index contributed by atoms with van der Waals surface area (Å²) in [4.78, 5) is 14.4. The van der Waals surface area contributed by atoms with E-state index in [4.69, 9.17) is 0 Å². The van der Waals surface area contributed by atoms with Gasteiger partial charge in [-0.2, -0.15) is 5.10 Å². The Kier molecular flexibility index (Phi) is 3.52. The van der Waals surface area contributed by atoms with Gasteiger partial charge in [0.1, 0.15) is 0 Å². The second-order valence-corrected chi connectivity index (χ2v) is 5.03. The van der Waals surface area contributed by atoms with Gasteiger partial charge in [0, 0.05) is 31.9 Å². The highest BCUT2D eigenvalue weighted by molar-refractivity contribution is 5.92. The minimum absolute atomic E-state index is 0.00804. The lowest BCUT2D eigenvalue weighted by atomic mass is 10.2. The van der Waals surface area contributed by atoms with Crippen LogP contribution in [-0.4, -0.2) is 46.3 Å². The monoisotopic (exact) mass is 270 g/mol. The van der Waals surface area contributed by atoms with E-state index in [0.29, 0.717) is 5.69 Å². The molecule has 1 fully saturated rings. The highest BCUT2D eigenvalue weighted by atomic mass is 16.2. The average molecular weight is 270 g/mol. The molecule has 1 aromatic heterocycles. The van der Waals surface area contributed by atoms with Crippen molar-refractivity contribution in [3.63, 3.8) is 0 Å². The summed E-state index contributed by atoms with van der Waals surface area (Å²) in [6, 6.07) is 11.8. The Balaban J connectivity index is 1.81. The predicted molar refractivity (Wildman–Crippen MR) is 76.9 cm³/mol. The minimum atomic E-state index is 0.00804. The van der Waals surface area contributed by atoms with E-state index in [-0.39, 0.29) is 11.9 Å². The van der Waals surface area contributed by atoms with Crippen LogP contribution < -0.4 is 5.32 Å². The van der Waals surface area contributed by atoms with Gasteiger partial charge in [-0.25, -0.2) is 4.68 Å². The first-order chi connectivity index (χ1) is 9.75. The zero-order valence-corrected chi connectivity index (χ0v) is 11.5. The van der Waals surface area contributed by atoms with Crippen LogP contribution >= 0.6 is 0 Å². The molecule has 1 aromatic carbocycles. The molecule has 20 heavy (non-hydrogen) atoms. The topological polar surface area (TPSA) is 50.2 Å². The Morgan fingerprint density at radius 2 is 2.10 bits per heavy atom. The molecule has 0 saturated carbocycles. The van der Waals surface area contributed by atoms with Crippen molar-refractivity contribution in [2.45, 2.75) is 13.0 Å². The first-order valence-electron chi connectivity index (χ1n) is 6.88. The van der Waals surface area contributed by atoms with Gasteiger partial charge < -0.3 is 10.2 Å². The maximum absolute atomic E-state index is 12.5. The smallest absolute Gasteiger partial charge is 0.274 e. The predicted octanol–water partition coefficient (Wildman–Crippen LogP) is 1.31. The van der Waals surface area contributed by atoms with Crippen LogP contribution in [0.2, 0.25) is 0 Å². The summed E-state index contributed by atoms with van der Waals surface area (Å²) in [6.07, 6.45) is 1.83. The number of nitrogens with one attached hydrogen (secondary N) is 1. The molecule has 1 atom stereocenters. The summed E-state index contributed by atoms with van der Waals surface area (Å²) in [5.74, 6) is 0.00804. The van der Waals surface area contributed by atoms with Gasteiger partial charge in [0.05, 0.1) is 5.69 Å². The molecule has 104 valence electrons. The van der Waals surface area contributed by atoms with E-state index in [2.05, 4.69) is 17.3 Å². The highest BCUT2D eigenvalue weighted by Crippen LogP contribution is 2.11. The Labute approximate surface area is 118 Å². The van der Waals surface area contributed by atoms with E-state index in [1.165, 1.54) is 0 Å². The molecule has 0 spiro atoms. The van der Waals surface area contributed by atoms with Gasteiger partial charge in [0.25, 0.3) is 5.91 Å². The van der Waals surface area contributed by atoms with Crippen molar-refractivity contribution in [2.75, 3.05) is 19.6 Å². The highest BCUT2D eigenvalue weighted by Gasteiger charge is 2.25. The van der Waals surface area contributed by atoms with Crippen LogP contribution in [0.3, 0.4) is 0 Å². The summed E-state index contributed by atoms with van der Waals surface area (Å²) >= 11 is 0. The molecule has 0 radical (unpaired) electrons. The first-order valence-corrected chi connectivity index (χ1v) is 6.88. The van der Waals surface area contributed by atoms with Gasteiger partial charge in [-0.15, -0.1) is 0 Å². The summed E-state index contributed by atoms with van der Waals surface area (Å²) in [7, 11) is 0. The van der Waals surface area contributed by atoms with Crippen LogP contribution in [0.25, 0.3) is 5.69 Å². The van der Waals surface area contributed by atoms with Crippen LogP contribution in [0, 0.1) is 0 Å². The van der Waals surface area contributed by atoms with Crippen molar-refractivity contribution in [3.05, 3.63) is 48.3 Å². The third kappa shape index (κ3) is 2.44. The third-order valence-electron chi connectivity index (χ3n) is 3.59. The minimum Gasteiger partial charge on any atom is -0.332 e. The van der Waals surface area contributed by atoms with E-state index in [9.17, 15) is 4.79 Å². The van der Waals surface area contributed by atoms with E-state index in [1.807, 2.05) is 41.4 Å². The number of para-hydroxylation sites is 1. The fraction of sp³-hybridized carbons (Fsp3) is 0.333. The van der Waals surface area contributed by atoms with E-state index < -0.39 is 0 Å². The number of amides is 1. The maximum atomic E-state index is 12.5. The number of aromatic nitrogens is 2. The average Bonchev–Trinajstić information content (AvgIpc) is 2.98. The second kappa shape index (κ2) is 5.46. The van der Waals surface area contributed by atoms with E-state index in [1.54, 1.807) is 10.7 Å². The molecule has 1 N–H and O–H groups in total. The zero-order chi connectivity index (χ0) is 13.9. The van der Waals surface area contributed by atoms with Crippen LogP contribution in [0.5, 0.6) is 0 Å².